The van der Waals surface area contributed by atoms with Gasteiger partial charge in [0, 0.05) is 18.7 Å². The highest BCUT2D eigenvalue weighted by atomic mass is 35.5. The predicted molar refractivity (Wildman–Crippen MR) is 65.7 cm³/mol. The lowest BCUT2D eigenvalue weighted by Gasteiger charge is -2.10. The average molecular weight is 244 g/mol. The van der Waals surface area contributed by atoms with Crippen molar-refractivity contribution < 1.29 is 9.84 Å². The Bertz CT molecular complexity index is 307. The van der Waals surface area contributed by atoms with Gasteiger partial charge >= 0.3 is 0 Å². The summed E-state index contributed by atoms with van der Waals surface area (Å²) in [4.78, 5) is 0. The van der Waals surface area contributed by atoms with Crippen molar-refractivity contribution >= 4 is 11.6 Å². The van der Waals surface area contributed by atoms with Crippen molar-refractivity contribution in [2.75, 3.05) is 20.3 Å². The third kappa shape index (κ3) is 5.47. The maximum Gasteiger partial charge on any atom is 0.0785 e. The van der Waals surface area contributed by atoms with E-state index in [1.165, 1.54) is 0 Å². The Labute approximate surface area is 101 Å². The van der Waals surface area contributed by atoms with Gasteiger partial charge in [-0.25, -0.2) is 0 Å². The molecule has 0 saturated carbocycles. The second-order valence-corrected chi connectivity index (χ2v) is 4.14. The minimum Gasteiger partial charge on any atom is -0.391 e. The van der Waals surface area contributed by atoms with Crippen molar-refractivity contribution in [3.63, 3.8) is 0 Å². The number of hydrogen-bond acceptors (Lipinski definition) is 3. The van der Waals surface area contributed by atoms with Gasteiger partial charge in [0.05, 0.1) is 12.7 Å². The van der Waals surface area contributed by atoms with E-state index in [0.717, 1.165) is 23.7 Å². The zero-order chi connectivity index (χ0) is 11.8. The molecule has 0 fully saturated rings. The molecule has 90 valence electrons. The van der Waals surface area contributed by atoms with Gasteiger partial charge in [-0.2, -0.15) is 0 Å². The van der Waals surface area contributed by atoms with Crippen molar-refractivity contribution in [1.82, 2.24) is 5.32 Å². The molecule has 1 atom stereocenters. The summed E-state index contributed by atoms with van der Waals surface area (Å²) in [7, 11) is 1.59. The molecule has 0 aromatic heterocycles. The number of rotatable bonds is 7. The first-order valence-electron chi connectivity index (χ1n) is 5.34. The van der Waals surface area contributed by atoms with Gasteiger partial charge in [-0.15, -0.1) is 0 Å². The van der Waals surface area contributed by atoms with Gasteiger partial charge in [-0.3, -0.25) is 0 Å². The Hall–Kier alpha value is -0.610. The molecule has 0 radical (unpaired) electrons. The Kier molecular flexibility index (Phi) is 6.42. The first kappa shape index (κ1) is 13.5. The lowest BCUT2D eigenvalue weighted by molar-refractivity contribution is 0.0594. The van der Waals surface area contributed by atoms with Crippen LogP contribution >= 0.6 is 11.6 Å². The molecule has 1 unspecified atom stereocenters. The summed E-state index contributed by atoms with van der Waals surface area (Å²) in [6.07, 6.45) is 0.297. The van der Waals surface area contributed by atoms with E-state index in [1.807, 2.05) is 24.3 Å². The van der Waals surface area contributed by atoms with E-state index >= 15 is 0 Å². The molecule has 0 spiro atoms. The number of nitrogens with one attached hydrogen (secondary N) is 1. The van der Waals surface area contributed by atoms with E-state index in [9.17, 15) is 5.11 Å². The van der Waals surface area contributed by atoms with Crippen LogP contribution < -0.4 is 5.32 Å². The number of aliphatic hydroxyl groups is 1. The summed E-state index contributed by atoms with van der Waals surface area (Å²) < 4.78 is 4.84. The number of methoxy groups -OCH3 is 1. The Morgan fingerprint density at radius 3 is 3.00 bits per heavy atom. The molecular formula is C12H18ClNO2. The maximum atomic E-state index is 9.40. The molecule has 16 heavy (non-hydrogen) atoms. The highest BCUT2D eigenvalue weighted by Gasteiger charge is 2.02. The highest BCUT2D eigenvalue weighted by Crippen LogP contribution is 2.10. The highest BCUT2D eigenvalue weighted by molar-refractivity contribution is 6.30. The molecule has 2 N–H and O–H groups in total. The van der Waals surface area contributed by atoms with Crippen molar-refractivity contribution in [1.29, 1.82) is 0 Å². The van der Waals surface area contributed by atoms with E-state index in [0.29, 0.717) is 13.0 Å². The standard InChI is InChI=1S/C12H18ClNO2/c1-16-9-12(15)5-6-14-8-10-3-2-4-11(13)7-10/h2-4,7,12,14-15H,5-6,8-9H2,1H3. The van der Waals surface area contributed by atoms with Crippen molar-refractivity contribution in [3.8, 4) is 0 Å². The van der Waals surface area contributed by atoms with Crippen molar-refractivity contribution in [2.24, 2.45) is 0 Å². The van der Waals surface area contributed by atoms with Gasteiger partial charge < -0.3 is 15.2 Å². The fraction of sp³-hybridized carbons (Fsp3) is 0.500. The lowest BCUT2D eigenvalue weighted by atomic mass is 10.2. The number of ether oxygens (including phenoxy) is 1. The summed E-state index contributed by atoms with van der Waals surface area (Å²) in [5, 5.41) is 13.4. The Morgan fingerprint density at radius 1 is 1.50 bits per heavy atom. The van der Waals surface area contributed by atoms with Gasteiger partial charge in [-0.05, 0) is 30.7 Å². The molecule has 3 nitrogen and oxygen atoms in total. The van der Waals surface area contributed by atoms with E-state index in [2.05, 4.69) is 5.32 Å². The van der Waals surface area contributed by atoms with Crippen LogP contribution in [0.25, 0.3) is 0 Å². The van der Waals surface area contributed by atoms with E-state index in [1.54, 1.807) is 7.11 Å². The van der Waals surface area contributed by atoms with Crippen LogP contribution in [0.1, 0.15) is 12.0 Å². The molecule has 0 aliphatic carbocycles. The van der Waals surface area contributed by atoms with Crippen LogP contribution in [0.5, 0.6) is 0 Å². The maximum absolute atomic E-state index is 9.40. The normalized spacial score (nSPS) is 12.7. The second kappa shape index (κ2) is 7.63. The van der Waals surface area contributed by atoms with Gasteiger partial charge in [0.2, 0.25) is 0 Å². The largest absolute Gasteiger partial charge is 0.391 e. The molecule has 0 heterocycles. The molecule has 4 heteroatoms. The molecular weight excluding hydrogens is 226 g/mol. The summed E-state index contributed by atoms with van der Waals surface area (Å²) in [5.74, 6) is 0. The predicted octanol–water partition coefficient (Wildman–Crippen LogP) is 1.83. The molecule has 0 aliphatic heterocycles. The molecule has 0 saturated heterocycles. The second-order valence-electron chi connectivity index (χ2n) is 3.70. The number of aliphatic hydroxyl groups excluding tert-OH is 1. The van der Waals surface area contributed by atoms with Crippen LogP contribution in [-0.4, -0.2) is 31.5 Å². The lowest BCUT2D eigenvalue weighted by Crippen LogP contribution is -2.22. The van der Waals surface area contributed by atoms with E-state index in [-0.39, 0.29) is 0 Å². The third-order valence-corrected chi connectivity index (χ3v) is 2.47. The quantitative estimate of drug-likeness (QED) is 0.718. The molecule has 0 aliphatic rings. The van der Waals surface area contributed by atoms with Crippen molar-refractivity contribution in [2.45, 2.75) is 19.1 Å². The monoisotopic (exact) mass is 243 g/mol. The van der Waals surface area contributed by atoms with Crippen LogP contribution in [0.3, 0.4) is 0 Å². The first-order chi connectivity index (χ1) is 7.72. The minimum absolute atomic E-state index is 0.388. The van der Waals surface area contributed by atoms with Gasteiger partial charge in [0.1, 0.15) is 0 Å². The summed E-state index contributed by atoms with van der Waals surface area (Å²) in [6.45, 7) is 1.91. The zero-order valence-corrected chi connectivity index (χ0v) is 10.2. The van der Waals surface area contributed by atoms with Crippen LogP contribution in [0.15, 0.2) is 24.3 Å². The summed E-state index contributed by atoms with van der Waals surface area (Å²) >= 11 is 5.87. The van der Waals surface area contributed by atoms with Crippen LogP contribution in [-0.2, 0) is 11.3 Å². The molecule has 0 bridgehead atoms. The fourth-order valence-corrected chi connectivity index (χ4v) is 1.64. The van der Waals surface area contributed by atoms with E-state index < -0.39 is 6.10 Å². The molecule has 1 aromatic carbocycles. The third-order valence-electron chi connectivity index (χ3n) is 2.23. The summed E-state index contributed by atoms with van der Waals surface area (Å²) in [6, 6.07) is 7.73. The number of hydrogen-bond donors (Lipinski definition) is 2. The van der Waals surface area contributed by atoms with Gasteiger partial charge in [0.25, 0.3) is 0 Å². The van der Waals surface area contributed by atoms with Crippen molar-refractivity contribution in [3.05, 3.63) is 34.9 Å². The average Bonchev–Trinajstić information content (AvgIpc) is 2.25. The Balaban J connectivity index is 2.16. The SMILES string of the molecule is COCC(O)CCNCc1cccc(Cl)c1. The smallest absolute Gasteiger partial charge is 0.0785 e. The summed E-state index contributed by atoms with van der Waals surface area (Å²) in [5.41, 5.74) is 1.15. The topological polar surface area (TPSA) is 41.5 Å². The van der Waals surface area contributed by atoms with Crippen LogP contribution in [0.2, 0.25) is 5.02 Å². The van der Waals surface area contributed by atoms with E-state index in [4.69, 9.17) is 16.3 Å². The number of halogens is 1. The van der Waals surface area contributed by atoms with Gasteiger partial charge in [0.15, 0.2) is 0 Å². The molecule has 1 rings (SSSR count). The first-order valence-corrected chi connectivity index (χ1v) is 5.72. The van der Waals surface area contributed by atoms with Crippen LogP contribution in [0.4, 0.5) is 0 Å². The zero-order valence-electron chi connectivity index (χ0n) is 9.45. The molecule has 0 amide bonds. The Morgan fingerprint density at radius 2 is 2.31 bits per heavy atom. The van der Waals surface area contributed by atoms with Gasteiger partial charge in [-0.1, -0.05) is 23.7 Å². The number of benzene rings is 1. The minimum atomic E-state index is -0.392. The molecule has 1 aromatic rings. The fourth-order valence-electron chi connectivity index (χ4n) is 1.42. The van der Waals surface area contributed by atoms with Crippen LogP contribution in [0, 0.1) is 0 Å².